The predicted molar refractivity (Wildman–Crippen MR) is 265 cm³/mol. The van der Waals surface area contributed by atoms with Crippen LogP contribution in [0.5, 0.6) is 5.88 Å². The highest BCUT2D eigenvalue weighted by atomic mass is 32.1. The van der Waals surface area contributed by atoms with Crippen molar-refractivity contribution in [1.82, 2.24) is 50.3 Å². The number of hydrogen-bond donors (Lipinski definition) is 4. The molecule has 4 amide bonds. The lowest BCUT2D eigenvalue weighted by molar-refractivity contribution is -0.136. The number of fused-ring (bicyclic) bond motifs is 1. The number of H-pyrrole nitrogens is 2. The molecule has 0 bridgehead atoms. The Hall–Kier alpha value is -7.60. The number of aromatic amines is 2. The number of amides is 4. The summed E-state index contributed by atoms with van der Waals surface area (Å²) in [6.07, 6.45) is 3.77. The molecule has 2 saturated heterocycles. The van der Waals surface area contributed by atoms with Gasteiger partial charge in [0, 0.05) is 13.0 Å². The number of alkyl carbamates (subject to hydrolysis) is 2. The van der Waals surface area contributed by atoms with E-state index in [1.165, 1.54) is 14.2 Å². The third-order valence-corrected chi connectivity index (χ3v) is 13.9. The number of aromatic nitrogens is 6. The predicted octanol–water partition coefficient (Wildman–Crippen LogP) is 8.95. The number of para-hydroxylation sites is 2. The van der Waals surface area contributed by atoms with Crippen LogP contribution in [0.4, 0.5) is 9.59 Å². The van der Waals surface area contributed by atoms with E-state index in [4.69, 9.17) is 34.1 Å². The second kappa shape index (κ2) is 20.6. The second-order valence-electron chi connectivity index (χ2n) is 18.2. The van der Waals surface area contributed by atoms with Gasteiger partial charge in [0.2, 0.25) is 17.7 Å². The monoisotopic (exact) mass is 964 g/mol. The molecule has 7 aromatic rings. The van der Waals surface area contributed by atoms with Gasteiger partial charge in [-0.3, -0.25) is 9.59 Å². The summed E-state index contributed by atoms with van der Waals surface area (Å²) in [5, 5.41) is 7.43. The standard InChI is InChI=1S/C52H56N10O7S/c1-29(2)43(59-51(65)67-5)49(63)61-23-9-13-40(61)46-53-26-38(56-46)33-19-15-31(16-20-33)32-17-21-34(22-18-32)39-27-54-47(57-39)41-25-35(28-62(41)50(64)44(30(3)4)60-52(66)68-6)69-48-45(42-14-10-24-70-42)55-36-11-7-8-12-37(36)58-48/h7-8,10-12,14-22,24,26-27,29-30,35,40-41,43-44H,9,13,23,25,28H2,1-6H3,(H,53,56)(H,54,57)(H,59,65)(H,60,66)/t35-,40+,41+,43+,44?/m1/s1. The van der Waals surface area contributed by atoms with E-state index in [0.717, 1.165) is 56.9 Å². The van der Waals surface area contributed by atoms with Crippen molar-refractivity contribution in [2.24, 2.45) is 11.8 Å². The summed E-state index contributed by atoms with van der Waals surface area (Å²) >= 11 is 1.54. The van der Waals surface area contributed by atoms with Gasteiger partial charge in [-0.15, -0.1) is 11.3 Å². The van der Waals surface area contributed by atoms with Crippen LogP contribution in [0.3, 0.4) is 0 Å². The maximum atomic E-state index is 14.5. The zero-order chi connectivity index (χ0) is 49.1. The summed E-state index contributed by atoms with van der Waals surface area (Å²) in [5.74, 6) is 0.882. The van der Waals surface area contributed by atoms with Crippen molar-refractivity contribution in [2.45, 2.75) is 77.2 Å². The average Bonchev–Trinajstić information content (AvgIpc) is 4.24. The van der Waals surface area contributed by atoms with Crippen molar-refractivity contribution in [3.63, 3.8) is 0 Å². The van der Waals surface area contributed by atoms with Crippen molar-refractivity contribution in [2.75, 3.05) is 27.3 Å². The Morgan fingerprint density at radius 3 is 1.73 bits per heavy atom. The minimum absolute atomic E-state index is 0.122. The third-order valence-electron chi connectivity index (χ3n) is 13.0. The van der Waals surface area contributed by atoms with Crippen LogP contribution in [0.25, 0.3) is 55.2 Å². The van der Waals surface area contributed by atoms with Crippen LogP contribution in [0.1, 0.15) is 70.7 Å². The number of carbonyl (C=O) groups is 4. The molecule has 2 aliphatic rings. The Balaban J connectivity index is 0.914. The number of benzene rings is 3. The minimum Gasteiger partial charge on any atom is -0.471 e. The smallest absolute Gasteiger partial charge is 0.407 e. The molecule has 3 aromatic carbocycles. The molecule has 5 atom stereocenters. The highest BCUT2D eigenvalue weighted by Crippen LogP contribution is 2.39. The first-order chi connectivity index (χ1) is 33.9. The molecule has 0 spiro atoms. The van der Waals surface area contributed by atoms with Crippen LogP contribution >= 0.6 is 11.3 Å². The number of rotatable bonds is 14. The van der Waals surface area contributed by atoms with Crippen molar-refractivity contribution in [1.29, 1.82) is 0 Å². The summed E-state index contributed by atoms with van der Waals surface area (Å²) in [6.45, 7) is 8.34. The minimum atomic E-state index is -0.856. The number of hydrogen-bond acceptors (Lipinski definition) is 12. The summed E-state index contributed by atoms with van der Waals surface area (Å²) in [5.41, 5.74) is 7.59. The number of methoxy groups -OCH3 is 2. The largest absolute Gasteiger partial charge is 0.471 e. The molecular formula is C52H56N10O7S. The summed E-state index contributed by atoms with van der Waals surface area (Å²) < 4.78 is 16.4. The molecule has 17 nitrogen and oxygen atoms in total. The Morgan fingerprint density at radius 1 is 0.671 bits per heavy atom. The van der Waals surface area contributed by atoms with Gasteiger partial charge in [-0.25, -0.2) is 29.5 Å². The second-order valence-corrected chi connectivity index (χ2v) is 19.2. The van der Waals surface area contributed by atoms with E-state index in [2.05, 4.69) is 44.9 Å². The van der Waals surface area contributed by atoms with Crippen molar-refractivity contribution < 1.29 is 33.4 Å². The number of nitrogens with one attached hydrogen (secondary N) is 4. The van der Waals surface area contributed by atoms with E-state index >= 15 is 0 Å². The molecule has 4 aromatic heterocycles. The van der Waals surface area contributed by atoms with Crippen LogP contribution in [-0.2, 0) is 19.1 Å². The molecule has 2 fully saturated rings. The number of carbonyl (C=O) groups excluding carboxylic acids is 4. The number of nitrogens with zero attached hydrogens (tertiary/aromatic N) is 6. The summed E-state index contributed by atoms with van der Waals surface area (Å²) in [7, 11) is 2.56. The van der Waals surface area contributed by atoms with Crippen LogP contribution in [0, 0.1) is 11.8 Å². The molecule has 70 heavy (non-hydrogen) atoms. The highest BCUT2D eigenvalue weighted by Gasteiger charge is 2.43. The van der Waals surface area contributed by atoms with Crippen LogP contribution < -0.4 is 15.4 Å². The van der Waals surface area contributed by atoms with E-state index in [1.54, 1.807) is 33.5 Å². The summed E-state index contributed by atoms with van der Waals surface area (Å²) in [4.78, 5) is 83.3. The topological polar surface area (TPSA) is 210 Å². The lowest BCUT2D eigenvalue weighted by atomic mass is 10.0. The van der Waals surface area contributed by atoms with E-state index < -0.39 is 36.4 Å². The number of ether oxygens (including phenoxy) is 3. The molecule has 4 N–H and O–H groups in total. The zero-order valence-corrected chi connectivity index (χ0v) is 40.7. The van der Waals surface area contributed by atoms with E-state index in [1.807, 2.05) is 93.7 Å². The van der Waals surface area contributed by atoms with E-state index in [-0.39, 0.29) is 36.2 Å². The molecule has 2 aliphatic heterocycles. The molecule has 6 heterocycles. The van der Waals surface area contributed by atoms with Gasteiger partial charge in [0.05, 0.1) is 72.5 Å². The molecule has 0 radical (unpaired) electrons. The molecule has 0 aliphatic carbocycles. The van der Waals surface area contributed by atoms with Crippen molar-refractivity contribution in [3.8, 4) is 50.1 Å². The van der Waals surface area contributed by atoms with Gasteiger partial charge in [0.25, 0.3) is 0 Å². The van der Waals surface area contributed by atoms with Gasteiger partial charge in [-0.2, -0.15) is 0 Å². The lowest BCUT2D eigenvalue weighted by Gasteiger charge is -2.30. The fourth-order valence-corrected chi connectivity index (χ4v) is 9.95. The third kappa shape index (κ3) is 9.94. The Bertz CT molecular complexity index is 2970. The zero-order valence-electron chi connectivity index (χ0n) is 39.8. The average molecular weight is 965 g/mol. The number of likely N-dealkylation sites (tertiary alicyclic amines) is 2. The lowest BCUT2D eigenvalue weighted by Crippen LogP contribution is -2.51. The Labute approximate surface area is 409 Å². The molecule has 1 unspecified atom stereocenters. The van der Waals surface area contributed by atoms with Crippen LogP contribution in [-0.4, -0.2) is 109 Å². The van der Waals surface area contributed by atoms with Crippen molar-refractivity contribution >= 4 is 46.4 Å². The molecular weight excluding hydrogens is 909 g/mol. The number of imidazole rings is 2. The van der Waals surface area contributed by atoms with Gasteiger partial charge in [0.15, 0.2) is 0 Å². The van der Waals surface area contributed by atoms with Gasteiger partial charge in [-0.1, -0.05) is 94.4 Å². The number of thiophene rings is 1. The quantitative estimate of drug-likeness (QED) is 0.0809. The van der Waals surface area contributed by atoms with Crippen LogP contribution in [0.15, 0.2) is 103 Å². The molecule has 18 heteroatoms. The maximum Gasteiger partial charge on any atom is 0.407 e. The molecule has 9 rings (SSSR count). The first kappa shape index (κ1) is 47.5. The fourth-order valence-electron chi connectivity index (χ4n) is 9.24. The first-order valence-corrected chi connectivity index (χ1v) is 24.3. The normalized spacial score (nSPS) is 17.7. The Kier molecular flexibility index (Phi) is 13.9. The molecule has 362 valence electrons. The maximum absolute atomic E-state index is 14.5. The fraction of sp³-hybridized carbons (Fsp3) is 0.346. The van der Waals surface area contributed by atoms with Gasteiger partial charge in [0.1, 0.15) is 35.5 Å². The summed E-state index contributed by atoms with van der Waals surface area (Å²) in [6, 6.07) is 25.7. The Morgan fingerprint density at radius 2 is 1.20 bits per heavy atom. The van der Waals surface area contributed by atoms with Crippen LogP contribution in [0.2, 0.25) is 0 Å². The molecule has 0 saturated carbocycles. The van der Waals surface area contributed by atoms with Gasteiger partial charge >= 0.3 is 12.2 Å². The first-order valence-electron chi connectivity index (χ1n) is 23.5. The SMILES string of the molecule is COC(=O)NC(C(=O)N1C[C@H](Oc2nc3ccccc3nc2-c2cccs2)C[C@H]1c1ncc(-c2ccc(-c3ccc(-c4cnc([C@@H]5CCCN5C(=O)[C@@H](NC(=O)OC)C(C)C)[nH]4)cc3)cc2)[nH]1)C(C)C. The van der Waals surface area contributed by atoms with E-state index in [9.17, 15) is 19.2 Å². The highest BCUT2D eigenvalue weighted by molar-refractivity contribution is 7.13. The van der Waals surface area contributed by atoms with Crippen molar-refractivity contribution in [3.05, 3.63) is 114 Å². The van der Waals surface area contributed by atoms with Gasteiger partial charge < -0.3 is 44.6 Å². The van der Waals surface area contributed by atoms with Gasteiger partial charge in [-0.05, 0) is 70.5 Å². The van der Waals surface area contributed by atoms with E-state index in [0.29, 0.717) is 41.7 Å².